The Hall–Kier alpha value is -1.49. The van der Waals surface area contributed by atoms with Gasteiger partial charge in [-0.15, -0.1) is 11.3 Å². The predicted octanol–water partition coefficient (Wildman–Crippen LogP) is 2.75. The number of aromatic nitrogens is 2. The van der Waals surface area contributed by atoms with Crippen LogP contribution in [0.4, 0.5) is 0 Å². The van der Waals surface area contributed by atoms with E-state index in [1.165, 1.54) is 11.3 Å². The van der Waals surface area contributed by atoms with Crippen LogP contribution in [0, 0.1) is 20.8 Å². The largest absolute Gasteiger partial charge is 0.349 e. The van der Waals surface area contributed by atoms with Gasteiger partial charge in [-0.25, -0.2) is 9.97 Å². The van der Waals surface area contributed by atoms with E-state index >= 15 is 0 Å². The highest BCUT2D eigenvalue weighted by Gasteiger charge is 2.18. The van der Waals surface area contributed by atoms with Gasteiger partial charge in [0.2, 0.25) is 0 Å². The van der Waals surface area contributed by atoms with Crippen molar-refractivity contribution >= 4 is 27.5 Å². The summed E-state index contributed by atoms with van der Waals surface area (Å²) in [5.74, 6) is 0.722. The summed E-state index contributed by atoms with van der Waals surface area (Å²) >= 11 is 1.44. The third-order valence-electron chi connectivity index (χ3n) is 2.71. The topological polar surface area (TPSA) is 54.9 Å². The fourth-order valence-corrected chi connectivity index (χ4v) is 3.20. The molecule has 0 saturated carbocycles. The van der Waals surface area contributed by atoms with E-state index in [0.29, 0.717) is 0 Å². The molecule has 0 atom stereocenters. The molecule has 1 amide bonds. The molecule has 1 N–H and O–H groups in total. The van der Waals surface area contributed by atoms with E-state index < -0.39 is 0 Å². The summed E-state index contributed by atoms with van der Waals surface area (Å²) in [6.45, 7) is 9.70. The average molecular weight is 263 g/mol. The molecule has 0 aromatic carbocycles. The molecule has 0 aliphatic heterocycles. The van der Waals surface area contributed by atoms with Gasteiger partial charge >= 0.3 is 0 Å². The van der Waals surface area contributed by atoms with Gasteiger partial charge in [0.05, 0.1) is 4.88 Å². The molecular formula is C13H17N3OS. The van der Waals surface area contributed by atoms with Crippen LogP contribution in [0.25, 0.3) is 10.2 Å². The van der Waals surface area contributed by atoms with E-state index in [2.05, 4.69) is 15.3 Å². The maximum absolute atomic E-state index is 12.1. The lowest BCUT2D eigenvalue weighted by molar-refractivity contribution is 0.0947. The lowest BCUT2D eigenvalue weighted by Gasteiger charge is -2.07. The third-order valence-corrected chi connectivity index (χ3v) is 3.89. The van der Waals surface area contributed by atoms with Crippen molar-refractivity contribution in [2.24, 2.45) is 0 Å². The molecule has 0 saturated heterocycles. The zero-order chi connectivity index (χ0) is 13.4. The van der Waals surface area contributed by atoms with Crippen LogP contribution in [0.5, 0.6) is 0 Å². The van der Waals surface area contributed by atoms with E-state index in [1.807, 2.05) is 34.6 Å². The number of nitrogens with one attached hydrogen (secondary N) is 1. The predicted molar refractivity (Wildman–Crippen MR) is 74.2 cm³/mol. The Morgan fingerprint density at radius 1 is 1.22 bits per heavy atom. The highest BCUT2D eigenvalue weighted by molar-refractivity contribution is 7.20. The monoisotopic (exact) mass is 263 g/mol. The van der Waals surface area contributed by atoms with Crippen molar-refractivity contribution in [1.29, 1.82) is 0 Å². The van der Waals surface area contributed by atoms with Crippen molar-refractivity contribution in [3.8, 4) is 0 Å². The molecule has 0 aliphatic carbocycles. The molecule has 0 fully saturated rings. The maximum atomic E-state index is 12.1. The molecule has 96 valence electrons. The number of carbonyl (C=O) groups is 1. The number of amides is 1. The molecule has 0 bridgehead atoms. The van der Waals surface area contributed by atoms with E-state index in [0.717, 1.165) is 32.2 Å². The van der Waals surface area contributed by atoms with Crippen molar-refractivity contribution in [2.75, 3.05) is 0 Å². The number of fused-ring (bicyclic) bond motifs is 1. The first-order valence-electron chi connectivity index (χ1n) is 5.95. The van der Waals surface area contributed by atoms with Gasteiger partial charge in [0.1, 0.15) is 10.7 Å². The first-order chi connectivity index (χ1) is 8.40. The van der Waals surface area contributed by atoms with E-state index in [4.69, 9.17) is 0 Å². The molecule has 2 aromatic heterocycles. The van der Waals surface area contributed by atoms with Crippen molar-refractivity contribution in [3.05, 3.63) is 22.0 Å². The number of carbonyl (C=O) groups excluding carboxylic acids is 1. The quantitative estimate of drug-likeness (QED) is 0.906. The summed E-state index contributed by atoms with van der Waals surface area (Å²) in [4.78, 5) is 22.5. The van der Waals surface area contributed by atoms with Crippen LogP contribution in [-0.2, 0) is 0 Å². The minimum absolute atomic E-state index is 0.0254. The molecular weight excluding hydrogens is 246 g/mol. The number of thiophene rings is 1. The van der Waals surface area contributed by atoms with Gasteiger partial charge in [-0.05, 0) is 40.2 Å². The summed E-state index contributed by atoms with van der Waals surface area (Å²) < 4.78 is 0. The minimum atomic E-state index is -0.0254. The van der Waals surface area contributed by atoms with E-state index in [1.54, 1.807) is 0 Å². The minimum Gasteiger partial charge on any atom is -0.349 e. The van der Waals surface area contributed by atoms with Gasteiger partial charge in [0.15, 0.2) is 0 Å². The van der Waals surface area contributed by atoms with Gasteiger partial charge in [0, 0.05) is 17.1 Å². The Balaban J connectivity index is 2.57. The normalized spacial score (nSPS) is 11.2. The van der Waals surface area contributed by atoms with Gasteiger partial charge in [-0.3, -0.25) is 4.79 Å². The molecule has 4 nitrogen and oxygen atoms in total. The van der Waals surface area contributed by atoms with Crippen molar-refractivity contribution in [1.82, 2.24) is 15.3 Å². The molecule has 18 heavy (non-hydrogen) atoms. The lowest BCUT2D eigenvalue weighted by Crippen LogP contribution is -2.29. The molecule has 5 heteroatoms. The molecule has 2 aromatic rings. The summed E-state index contributed by atoms with van der Waals surface area (Å²) in [5, 5.41) is 3.93. The van der Waals surface area contributed by atoms with Crippen molar-refractivity contribution in [2.45, 2.75) is 40.7 Å². The molecule has 2 heterocycles. The number of hydrogen-bond donors (Lipinski definition) is 1. The molecule has 2 rings (SSSR count). The lowest BCUT2D eigenvalue weighted by atomic mass is 10.1. The molecule has 0 unspecified atom stereocenters. The summed E-state index contributed by atoms with van der Waals surface area (Å²) in [5.41, 5.74) is 1.92. The molecule has 0 radical (unpaired) electrons. The first-order valence-corrected chi connectivity index (χ1v) is 6.77. The Morgan fingerprint density at radius 2 is 1.89 bits per heavy atom. The highest BCUT2D eigenvalue weighted by Crippen LogP contribution is 2.31. The summed E-state index contributed by atoms with van der Waals surface area (Å²) in [6, 6.07) is 0.135. The first kappa shape index (κ1) is 13.0. The Bertz CT molecular complexity index is 616. The molecule has 0 spiro atoms. The number of aryl methyl sites for hydroxylation is 3. The SMILES string of the molecule is Cc1nc(C)c2c(C)c(C(=O)NC(C)C)sc2n1. The zero-order valence-electron chi connectivity index (χ0n) is 11.3. The van der Waals surface area contributed by atoms with Crippen LogP contribution in [0.2, 0.25) is 0 Å². The standard InChI is InChI=1S/C13H17N3OS/c1-6(2)14-12(17)11-7(3)10-8(4)15-9(5)16-13(10)18-11/h6H,1-5H3,(H,14,17). The summed E-state index contributed by atoms with van der Waals surface area (Å²) in [7, 11) is 0. The second-order valence-corrected chi connectivity index (χ2v) is 5.72. The fraction of sp³-hybridized carbons (Fsp3) is 0.462. The van der Waals surface area contributed by atoms with Gasteiger partial charge < -0.3 is 5.32 Å². The van der Waals surface area contributed by atoms with E-state index in [9.17, 15) is 4.79 Å². The van der Waals surface area contributed by atoms with Crippen LogP contribution in [-0.4, -0.2) is 21.9 Å². The van der Waals surface area contributed by atoms with Gasteiger partial charge in [-0.1, -0.05) is 0 Å². The Labute approximate surface area is 110 Å². The van der Waals surface area contributed by atoms with Gasteiger partial charge in [-0.2, -0.15) is 0 Å². The zero-order valence-corrected chi connectivity index (χ0v) is 12.1. The number of rotatable bonds is 2. The van der Waals surface area contributed by atoms with Crippen molar-refractivity contribution < 1.29 is 4.79 Å². The summed E-state index contributed by atoms with van der Waals surface area (Å²) in [6.07, 6.45) is 0. The Kier molecular flexibility index (Phi) is 3.34. The number of nitrogens with zero attached hydrogens (tertiary/aromatic N) is 2. The maximum Gasteiger partial charge on any atom is 0.261 e. The number of hydrogen-bond acceptors (Lipinski definition) is 4. The second-order valence-electron chi connectivity index (χ2n) is 4.72. The second kappa shape index (κ2) is 4.65. The van der Waals surface area contributed by atoms with Crippen LogP contribution in [0.15, 0.2) is 0 Å². The van der Waals surface area contributed by atoms with Crippen LogP contribution < -0.4 is 5.32 Å². The smallest absolute Gasteiger partial charge is 0.261 e. The fourth-order valence-electron chi connectivity index (χ4n) is 2.02. The van der Waals surface area contributed by atoms with Crippen LogP contribution in [0.1, 0.15) is 40.6 Å². The molecule has 0 aliphatic rings. The Morgan fingerprint density at radius 3 is 2.50 bits per heavy atom. The average Bonchev–Trinajstić information content (AvgIpc) is 2.54. The highest BCUT2D eigenvalue weighted by atomic mass is 32.1. The van der Waals surface area contributed by atoms with E-state index in [-0.39, 0.29) is 11.9 Å². The van der Waals surface area contributed by atoms with Crippen molar-refractivity contribution in [3.63, 3.8) is 0 Å². The van der Waals surface area contributed by atoms with Gasteiger partial charge in [0.25, 0.3) is 5.91 Å². The van der Waals surface area contributed by atoms with Crippen LogP contribution >= 0.6 is 11.3 Å². The third kappa shape index (κ3) is 2.22. The van der Waals surface area contributed by atoms with Crippen LogP contribution in [0.3, 0.4) is 0 Å².